The monoisotopic (exact) mass is 124 g/mol. The molecule has 48 valence electrons. The van der Waals surface area contributed by atoms with Crippen molar-refractivity contribution in [2.75, 3.05) is 0 Å². The first-order valence-electron chi connectivity index (χ1n) is 2.69. The lowest BCUT2D eigenvalue weighted by Crippen LogP contribution is -2.24. The predicted molar refractivity (Wildman–Crippen MR) is 34.2 cm³/mol. The molecule has 0 saturated carbocycles. The molecular weight excluding hydrogens is 116 g/mol. The molecule has 0 unspecified atom stereocenters. The predicted octanol–water partition coefficient (Wildman–Crippen LogP) is 0.0808. The Labute approximate surface area is 53.4 Å². The van der Waals surface area contributed by atoms with Gasteiger partial charge in [-0.3, -0.25) is 4.79 Å². The lowest BCUT2D eigenvalue weighted by molar-refractivity contribution is -0.113. The molecule has 0 fully saturated rings. The normalized spacial score (nSPS) is 15.4. The molecule has 0 bridgehead atoms. The van der Waals surface area contributed by atoms with E-state index in [9.17, 15) is 4.79 Å². The summed E-state index contributed by atoms with van der Waals surface area (Å²) < 4.78 is 0. The Balaban J connectivity index is 2.69. The first-order chi connectivity index (χ1) is 4.30. The van der Waals surface area contributed by atoms with Crippen LogP contribution in [0.25, 0.3) is 0 Å². The van der Waals surface area contributed by atoms with Gasteiger partial charge in [0.2, 0.25) is 0 Å². The molecule has 1 heterocycles. The highest BCUT2D eigenvalue weighted by atomic mass is 16.1. The Morgan fingerprint density at radius 1 is 1.56 bits per heavy atom. The van der Waals surface area contributed by atoms with E-state index in [0.29, 0.717) is 5.57 Å². The molecule has 1 rings (SSSR count). The van der Waals surface area contributed by atoms with Crippen molar-refractivity contribution in [2.45, 2.75) is 6.92 Å². The van der Waals surface area contributed by atoms with Crippen LogP contribution in [0.1, 0.15) is 6.92 Å². The van der Waals surface area contributed by atoms with Crippen LogP contribution in [0.3, 0.4) is 0 Å². The first kappa shape index (κ1) is 5.88. The lowest BCUT2D eigenvalue weighted by atomic mass is 10.2. The number of carbonyl (C=O) groups is 1. The Kier molecular flexibility index (Phi) is 1.53. The molecule has 3 heteroatoms. The molecule has 0 aromatic heterocycles. The molecule has 0 amide bonds. The van der Waals surface area contributed by atoms with Gasteiger partial charge >= 0.3 is 0 Å². The van der Waals surface area contributed by atoms with Crippen LogP contribution in [0.5, 0.6) is 0 Å². The van der Waals surface area contributed by atoms with Gasteiger partial charge in [-0.05, 0) is 13.0 Å². The van der Waals surface area contributed by atoms with Gasteiger partial charge in [0.25, 0.3) is 0 Å². The third kappa shape index (κ3) is 1.32. The van der Waals surface area contributed by atoms with Gasteiger partial charge in [-0.25, -0.2) is 0 Å². The van der Waals surface area contributed by atoms with Crippen LogP contribution in [0.2, 0.25) is 0 Å². The summed E-state index contributed by atoms with van der Waals surface area (Å²) in [7, 11) is 0. The molecule has 0 spiro atoms. The first-order valence-corrected chi connectivity index (χ1v) is 2.69. The zero-order valence-electron chi connectivity index (χ0n) is 5.14. The quantitative estimate of drug-likeness (QED) is 0.520. The summed E-state index contributed by atoms with van der Waals surface area (Å²) in [6, 6.07) is 0. The van der Waals surface area contributed by atoms with Crippen LogP contribution in [0, 0.1) is 0 Å². The molecule has 2 N–H and O–H groups in total. The van der Waals surface area contributed by atoms with Gasteiger partial charge in [-0.2, -0.15) is 0 Å². The van der Waals surface area contributed by atoms with E-state index in [4.69, 9.17) is 0 Å². The van der Waals surface area contributed by atoms with Crippen LogP contribution in [0.4, 0.5) is 0 Å². The average molecular weight is 124 g/mol. The van der Waals surface area contributed by atoms with Gasteiger partial charge in [-0.1, -0.05) is 0 Å². The van der Waals surface area contributed by atoms with Crippen molar-refractivity contribution in [1.82, 2.24) is 10.9 Å². The van der Waals surface area contributed by atoms with Crippen LogP contribution < -0.4 is 10.9 Å². The summed E-state index contributed by atoms with van der Waals surface area (Å²) in [4.78, 5) is 10.6. The van der Waals surface area contributed by atoms with Crippen LogP contribution in [0.15, 0.2) is 24.0 Å². The highest BCUT2D eigenvalue weighted by molar-refractivity contribution is 5.95. The zero-order valence-corrected chi connectivity index (χ0v) is 5.14. The smallest absolute Gasteiger partial charge is 0.161 e. The maximum absolute atomic E-state index is 10.6. The molecule has 0 radical (unpaired) electrons. The second-order valence-electron chi connectivity index (χ2n) is 1.78. The number of hydrogen-bond acceptors (Lipinski definition) is 3. The van der Waals surface area contributed by atoms with E-state index < -0.39 is 0 Å². The maximum Gasteiger partial charge on any atom is 0.161 e. The van der Waals surface area contributed by atoms with Crippen molar-refractivity contribution < 1.29 is 4.79 Å². The van der Waals surface area contributed by atoms with Gasteiger partial charge in [0.15, 0.2) is 5.78 Å². The van der Waals surface area contributed by atoms with E-state index in [-0.39, 0.29) is 5.78 Å². The minimum atomic E-state index is 0.0697. The Bertz CT molecular complexity index is 181. The van der Waals surface area contributed by atoms with E-state index in [2.05, 4.69) is 10.9 Å². The molecule has 1 aliphatic heterocycles. The number of carbonyl (C=O) groups excluding carboxylic acids is 1. The Hall–Kier alpha value is -1.25. The fourth-order valence-electron chi connectivity index (χ4n) is 0.566. The summed E-state index contributed by atoms with van der Waals surface area (Å²) >= 11 is 0. The summed E-state index contributed by atoms with van der Waals surface area (Å²) in [5, 5.41) is 0. The molecule has 0 aliphatic carbocycles. The van der Waals surface area contributed by atoms with Crippen LogP contribution in [-0.4, -0.2) is 5.78 Å². The van der Waals surface area contributed by atoms with E-state index in [1.54, 1.807) is 18.5 Å². The standard InChI is InChI=1S/C6H8N2O/c1-5(9)6-2-3-7-8-4-6/h2-4,7-8H,1H3. The SMILES string of the molecule is CC(=O)C1=CNNC=C1. The Morgan fingerprint density at radius 3 is 2.67 bits per heavy atom. The molecule has 1 aliphatic rings. The molecule has 0 aromatic carbocycles. The maximum atomic E-state index is 10.6. The number of hydrogen-bond donors (Lipinski definition) is 2. The van der Waals surface area contributed by atoms with Crippen molar-refractivity contribution >= 4 is 5.78 Å². The lowest BCUT2D eigenvalue weighted by Gasteiger charge is -2.06. The third-order valence-corrected chi connectivity index (χ3v) is 1.06. The van der Waals surface area contributed by atoms with Gasteiger partial charge in [-0.15, -0.1) is 0 Å². The van der Waals surface area contributed by atoms with E-state index in [1.807, 2.05) is 0 Å². The molecule has 0 atom stereocenters. The van der Waals surface area contributed by atoms with E-state index in [0.717, 1.165) is 0 Å². The minimum absolute atomic E-state index is 0.0697. The van der Waals surface area contributed by atoms with Crippen molar-refractivity contribution in [2.24, 2.45) is 0 Å². The molecular formula is C6H8N2O. The highest BCUT2D eigenvalue weighted by Crippen LogP contribution is 1.97. The van der Waals surface area contributed by atoms with E-state index >= 15 is 0 Å². The average Bonchev–Trinajstić information content (AvgIpc) is 1.90. The number of rotatable bonds is 1. The van der Waals surface area contributed by atoms with Crippen LogP contribution >= 0.6 is 0 Å². The number of allylic oxidation sites excluding steroid dienone is 2. The fourth-order valence-corrected chi connectivity index (χ4v) is 0.566. The minimum Gasteiger partial charge on any atom is -0.309 e. The largest absolute Gasteiger partial charge is 0.309 e. The molecule has 0 aromatic rings. The van der Waals surface area contributed by atoms with Crippen LogP contribution in [-0.2, 0) is 4.79 Å². The van der Waals surface area contributed by atoms with E-state index in [1.165, 1.54) is 6.92 Å². The number of ketones is 1. The summed E-state index contributed by atoms with van der Waals surface area (Å²) in [6.45, 7) is 1.53. The highest BCUT2D eigenvalue weighted by Gasteiger charge is 1.99. The topological polar surface area (TPSA) is 41.1 Å². The third-order valence-electron chi connectivity index (χ3n) is 1.06. The van der Waals surface area contributed by atoms with Crippen molar-refractivity contribution in [3.63, 3.8) is 0 Å². The van der Waals surface area contributed by atoms with Crippen molar-refractivity contribution in [1.29, 1.82) is 0 Å². The number of nitrogens with one attached hydrogen (secondary N) is 2. The number of Topliss-reactive ketones (excluding diaryl/α,β-unsaturated/α-hetero) is 1. The van der Waals surface area contributed by atoms with Crippen molar-refractivity contribution in [3.8, 4) is 0 Å². The van der Waals surface area contributed by atoms with Gasteiger partial charge in [0, 0.05) is 18.0 Å². The zero-order chi connectivity index (χ0) is 6.69. The summed E-state index contributed by atoms with van der Waals surface area (Å²) in [6.07, 6.45) is 5.03. The molecule has 9 heavy (non-hydrogen) atoms. The fraction of sp³-hybridized carbons (Fsp3) is 0.167. The Morgan fingerprint density at radius 2 is 2.33 bits per heavy atom. The van der Waals surface area contributed by atoms with Gasteiger partial charge < -0.3 is 10.9 Å². The second-order valence-corrected chi connectivity index (χ2v) is 1.78. The number of hydrazine groups is 1. The summed E-state index contributed by atoms with van der Waals surface area (Å²) in [5.41, 5.74) is 6.10. The second kappa shape index (κ2) is 2.35. The molecule has 0 saturated heterocycles. The molecule has 3 nitrogen and oxygen atoms in total. The van der Waals surface area contributed by atoms with Crippen molar-refractivity contribution in [3.05, 3.63) is 24.0 Å². The summed E-state index contributed by atoms with van der Waals surface area (Å²) in [5.74, 6) is 0.0697. The van der Waals surface area contributed by atoms with Gasteiger partial charge in [0.1, 0.15) is 0 Å². The van der Waals surface area contributed by atoms with Gasteiger partial charge in [0.05, 0.1) is 0 Å².